The van der Waals surface area contributed by atoms with Gasteiger partial charge in [-0.25, -0.2) is 24.9 Å². The lowest BCUT2D eigenvalue weighted by Gasteiger charge is -2.16. The van der Waals surface area contributed by atoms with E-state index in [1.165, 1.54) is 114 Å². The molecule has 31 aromatic rings. The first kappa shape index (κ1) is 83.1. The summed E-state index contributed by atoms with van der Waals surface area (Å²) in [5, 5.41) is 21.6. The molecule has 0 aliphatic rings. The Morgan fingerprint density at radius 2 is 0.411 bits per heavy atom. The van der Waals surface area contributed by atoms with Crippen LogP contribution in [0.3, 0.4) is 0 Å². The van der Waals surface area contributed by atoms with Gasteiger partial charge in [-0.05, 0) is 119 Å². The molecule has 0 N–H and O–H groups in total. The summed E-state index contributed by atoms with van der Waals surface area (Å²) in [4.78, 5) is 36.9. The lowest BCUT2D eigenvalue weighted by atomic mass is 9.99. The van der Waals surface area contributed by atoms with Gasteiger partial charge in [0.15, 0.2) is 23.3 Å². The molecule has 0 radical (unpaired) electrons. The molecular formula is C133H83N13. The van der Waals surface area contributed by atoms with Crippen molar-refractivity contribution >= 4 is 185 Å². The van der Waals surface area contributed by atoms with Gasteiger partial charge in [-0.1, -0.05) is 406 Å². The molecule has 13 heteroatoms. The van der Waals surface area contributed by atoms with E-state index in [9.17, 15) is 0 Å². The van der Waals surface area contributed by atoms with Crippen LogP contribution in [0.15, 0.2) is 504 Å². The molecule has 9 aromatic heterocycles. The predicted octanol–water partition coefficient (Wildman–Crippen LogP) is 33.5. The van der Waals surface area contributed by atoms with Gasteiger partial charge in [-0.15, -0.1) is 0 Å². The third kappa shape index (κ3) is 13.2. The number of aromatic nitrogens is 13. The molecule has 0 amide bonds. The van der Waals surface area contributed by atoms with Crippen molar-refractivity contribution in [2.24, 2.45) is 0 Å². The molecule has 13 nitrogen and oxygen atoms in total. The van der Waals surface area contributed by atoms with Gasteiger partial charge in [0.05, 0.1) is 88.3 Å². The van der Waals surface area contributed by atoms with Crippen molar-refractivity contribution in [2.75, 3.05) is 0 Å². The first-order chi connectivity index (χ1) is 72.5. The lowest BCUT2D eigenvalue weighted by Crippen LogP contribution is -2.07. The van der Waals surface area contributed by atoms with Crippen LogP contribution in [0.5, 0.6) is 0 Å². The van der Waals surface area contributed by atoms with E-state index in [4.69, 9.17) is 34.9 Å². The van der Waals surface area contributed by atoms with Gasteiger partial charge in [-0.3, -0.25) is 13.7 Å². The number of hydrogen-bond donors (Lipinski definition) is 0. The first-order valence-corrected chi connectivity index (χ1v) is 49.4. The number of rotatable bonds is 11. The Morgan fingerprint density at radius 1 is 0.144 bits per heavy atom. The normalized spacial score (nSPS) is 11.8. The van der Waals surface area contributed by atoms with Gasteiger partial charge in [0.25, 0.3) is 0 Å². The number of para-hydroxylation sites is 12. The molecule has 0 fully saturated rings. The van der Waals surface area contributed by atoms with Crippen LogP contribution in [-0.2, 0) is 0 Å². The largest absolute Gasteiger partial charge is 0.309 e. The van der Waals surface area contributed by atoms with E-state index in [0.29, 0.717) is 17.6 Å². The Balaban J connectivity index is 0.000000104. The average molecular weight is 1860 g/mol. The molecule has 0 aliphatic heterocycles. The molecular weight excluding hydrogens is 1780 g/mol. The molecule has 0 bridgehead atoms. The zero-order valence-electron chi connectivity index (χ0n) is 78.7. The highest BCUT2D eigenvalue weighted by Gasteiger charge is 2.32. The molecule has 680 valence electrons. The molecule has 0 spiro atoms. The molecule has 0 saturated carbocycles. The van der Waals surface area contributed by atoms with Gasteiger partial charge < -0.3 is 13.7 Å². The minimum atomic E-state index is 0.574. The van der Waals surface area contributed by atoms with Crippen molar-refractivity contribution in [1.29, 1.82) is 0 Å². The number of fused-ring (bicyclic) bond motifs is 30. The lowest BCUT2D eigenvalue weighted by molar-refractivity contribution is 0.953. The summed E-state index contributed by atoms with van der Waals surface area (Å²) in [7, 11) is 0. The fourth-order valence-corrected chi connectivity index (χ4v) is 22.8. The predicted molar refractivity (Wildman–Crippen MR) is 605 cm³/mol. The fraction of sp³-hybridized carbons (Fsp3) is 0. The summed E-state index contributed by atoms with van der Waals surface area (Å²) >= 11 is 0. The van der Waals surface area contributed by atoms with E-state index < -0.39 is 0 Å². The monoisotopic (exact) mass is 1860 g/mol. The van der Waals surface area contributed by atoms with Crippen LogP contribution < -0.4 is 0 Å². The molecule has 146 heavy (non-hydrogen) atoms. The highest BCUT2D eigenvalue weighted by atomic mass is 15.2. The van der Waals surface area contributed by atoms with Crippen molar-refractivity contribution in [3.63, 3.8) is 0 Å². The smallest absolute Gasteiger partial charge is 0.238 e. The Morgan fingerprint density at radius 3 is 0.829 bits per heavy atom. The second-order valence-electron chi connectivity index (χ2n) is 37.3. The number of hydrogen-bond acceptors (Lipinski definition) is 7. The SMILES string of the molecule is c1ccc(-c2ccc(-c3nc(-c4ccccc4)nc(-n4c5ccccc5c5ccc6c7ccccc7n(-c7ccccc7)c6c54)n3)cc2)cc1.c1ccc(-c2nc3ccccc3nc2-n2c3ccccc3c3c4c5ccccc5n(-c5ccc6ccccc6c5)c4c4ccccc4c32)cc1.c1ccc(-c2nc3ccccc3nc2-n2c3ccccc3c3c4c5ccccc5n(-c5ccccc5)c4c4ccccc4c32)cc1. The van der Waals surface area contributed by atoms with Crippen molar-refractivity contribution < 1.29 is 0 Å². The Labute approximate surface area is 836 Å². The second kappa shape index (κ2) is 34.0. The zero-order chi connectivity index (χ0) is 96.0. The zero-order valence-corrected chi connectivity index (χ0v) is 78.7. The summed E-state index contributed by atoms with van der Waals surface area (Å²) < 4.78 is 14.3. The second-order valence-corrected chi connectivity index (χ2v) is 37.3. The van der Waals surface area contributed by atoms with E-state index in [1.54, 1.807) is 0 Å². The standard InChI is InChI=1S/C46H28N4.C45H29N5.C42H26N4/c1-2-15-30(16-3-1)43-46(48-38-23-11-10-22-37(38)47-43)50-40-25-13-9-21-36(40)42-41-35-20-8-12-24-39(35)49(32-27-26-29-14-4-5-17-31(29)28-32)44(41)33-18-6-7-19-34(33)45(42)50;1-4-14-30(15-5-1)31-24-26-33(27-25-31)44-46-43(32-16-6-2-7-17-32)47-45(48-44)50-40-23-13-11-21-36(40)38-29-28-37-35-20-10-12-22-39(35)49(41(37)42(38)50)34-18-8-3-9-19-34;1-3-15-27(16-4-1)39-42(44-34-24-12-11-23-33(34)43-39)46-36-26-14-10-22-32(36)38-37-31-21-9-13-25-35(31)45(28-17-5-2-6-18-28)40(37)29-19-7-8-20-30(29)41(38)46/h1-28H;1-29H;1-26H. The average Bonchev–Trinajstić information content (AvgIpc) is 1.53. The third-order valence-electron chi connectivity index (χ3n) is 29.1. The summed E-state index contributed by atoms with van der Waals surface area (Å²) in [5.41, 5.74) is 28.5. The maximum Gasteiger partial charge on any atom is 0.238 e. The van der Waals surface area contributed by atoms with Gasteiger partial charge in [-0.2, -0.15) is 9.97 Å². The Bertz CT molecular complexity index is 10700. The van der Waals surface area contributed by atoms with Gasteiger partial charge in [0, 0.05) is 125 Å². The Hall–Kier alpha value is -19.9. The minimum Gasteiger partial charge on any atom is -0.309 e. The molecule has 22 aromatic carbocycles. The minimum absolute atomic E-state index is 0.574. The Kier molecular flexibility index (Phi) is 19.3. The van der Waals surface area contributed by atoms with Crippen LogP contribution in [-0.4, -0.2) is 62.3 Å². The van der Waals surface area contributed by atoms with Crippen molar-refractivity contribution in [3.8, 4) is 91.1 Å². The highest BCUT2D eigenvalue weighted by molar-refractivity contribution is 6.39. The van der Waals surface area contributed by atoms with Crippen molar-refractivity contribution in [1.82, 2.24) is 62.3 Å². The maximum atomic E-state index is 5.42. The summed E-state index contributed by atoms with van der Waals surface area (Å²) in [6.45, 7) is 0. The third-order valence-corrected chi connectivity index (χ3v) is 29.1. The molecule has 9 heterocycles. The molecule has 0 atom stereocenters. The van der Waals surface area contributed by atoms with E-state index >= 15 is 0 Å². The van der Waals surface area contributed by atoms with E-state index in [1.807, 2.05) is 72.8 Å². The summed E-state index contributed by atoms with van der Waals surface area (Å²) in [6, 6.07) is 178. The van der Waals surface area contributed by atoms with Crippen LogP contribution in [0.25, 0.3) is 276 Å². The van der Waals surface area contributed by atoms with E-state index in [-0.39, 0.29) is 0 Å². The first-order valence-electron chi connectivity index (χ1n) is 49.4. The van der Waals surface area contributed by atoms with Crippen molar-refractivity contribution in [3.05, 3.63) is 504 Å². The number of nitrogens with zero attached hydrogens (tertiary/aromatic N) is 13. The van der Waals surface area contributed by atoms with Crippen LogP contribution in [0, 0.1) is 0 Å². The highest BCUT2D eigenvalue weighted by Crippen LogP contribution is 2.52. The van der Waals surface area contributed by atoms with Crippen LogP contribution in [0.1, 0.15) is 0 Å². The summed E-state index contributed by atoms with van der Waals surface area (Å²) in [5.74, 6) is 3.47. The van der Waals surface area contributed by atoms with Gasteiger partial charge >= 0.3 is 0 Å². The van der Waals surface area contributed by atoms with Crippen LogP contribution >= 0.6 is 0 Å². The van der Waals surface area contributed by atoms with Crippen molar-refractivity contribution in [2.45, 2.75) is 0 Å². The quantitative estimate of drug-likeness (QED) is 0.126. The maximum absolute atomic E-state index is 5.42. The number of benzene rings is 22. The fourth-order valence-electron chi connectivity index (χ4n) is 22.8. The summed E-state index contributed by atoms with van der Waals surface area (Å²) in [6.07, 6.45) is 0. The molecule has 31 rings (SSSR count). The molecule has 0 saturated heterocycles. The molecule has 0 aliphatic carbocycles. The van der Waals surface area contributed by atoms with Crippen LogP contribution in [0.2, 0.25) is 0 Å². The van der Waals surface area contributed by atoms with Gasteiger partial charge in [0.2, 0.25) is 5.95 Å². The van der Waals surface area contributed by atoms with Crippen LogP contribution in [0.4, 0.5) is 0 Å². The molecule has 0 unspecified atom stereocenters. The van der Waals surface area contributed by atoms with E-state index in [0.717, 1.165) is 145 Å². The van der Waals surface area contributed by atoms with E-state index in [2.05, 4.69) is 458 Å². The topological polar surface area (TPSA) is 120 Å². The van der Waals surface area contributed by atoms with Gasteiger partial charge in [0.1, 0.15) is 11.4 Å².